The van der Waals surface area contributed by atoms with E-state index in [1.165, 1.54) is 11.1 Å². The number of nitrogens with zero attached hydrogens (tertiary/aromatic N) is 2. The van der Waals surface area contributed by atoms with Crippen LogP contribution < -0.4 is 4.80 Å². The third kappa shape index (κ3) is 5.38. The van der Waals surface area contributed by atoms with E-state index in [-0.39, 0.29) is 5.91 Å². The van der Waals surface area contributed by atoms with Crippen molar-refractivity contribution in [3.8, 4) is 0 Å². The first-order chi connectivity index (χ1) is 13.9. The number of carbonyl (C=O) groups is 1. The number of aryl methyl sites for hydroxylation is 2. The minimum atomic E-state index is -0.207. The minimum Gasteiger partial charge on any atom is -0.380 e. The molecular weight excluding hydrogens is 400 g/mol. The Morgan fingerprint density at radius 1 is 1.21 bits per heavy atom. The summed E-state index contributed by atoms with van der Waals surface area (Å²) >= 11 is 3.30. The molecule has 0 aliphatic rings. The molecule has 0 saturated heterocycles. The highest BCUT2D eigenvalue weighted by Gasteiger charge is 2.11. The predicted octanol–water partition coefficient (Wildman–Crippen LogP) is 5.60. The summed E-state index contributed by atoms with van der Waals surface area (Å²) in [6.45, 7) is 12.4. The summed E-state index contributed by atoms with van der Waals surface area (Å²) in [7, 11) is 0. The van der Waals surface area contributed by atoms with Gasteiger partial charge in [0.1, 0.15) is 0 Å². The summed E-state index contributed by atoms with van der Waals surface area (Å²) in [5.41, 5.74) is 4.20. The summed E-state index contributed by atoms with van der Waals surface area (Å²) in [6, 6.07) is 12.1. The topological polar surface area (TPSA) is 43.6 Å². The van der Waals surface area contributed by atoms with Gasteiger partial charge in [-0.1, -0.05) is 31.3 Å². The molecule has 6 heteroatoms. The number of hydrogen-bond acceptors (Lipinski definition) is 4. The Hall–Kier alpha value is -1.89. The predicted molar refractivity (Wildman–Crippen MR) is 123 cm³/mol. The molecule has 3 aromatic rings. The van der Waals surface area contributed by atoms with Crippen molar-refractivity contribution in [1.29, 1.82) is 0 Å². The Bertz CT molecular complexity index is 1080. The van der Waals surface area contributed by atoms with E-state index in [1.54, 1.807) is 23.1 Å². The third-order valence-corrected chi connectivity index (χ3v) is 6.65. The van der Waals surface area contributed by atoms with Gasteiger partial charge < -0.3 is 9.30 Å². The van der Waals surface area contributed by atoms with Crippen LogP contribution >= 0.6 is 23.1 Å². The van der Waals surface area contributed by atoms with E-state index in [4.69, 9.17) is 4.74 Å². The van der Waals surface area contributed by atoms with Crippen LogP contribution in [0.3, 0.4) is 0 Å². The molecule has 0 saturated carbocycles. The molecule has 0 atom stereocenters. The van der Waals surface area contributed by atoms with E-state index >= 15 is 0 Å². The molecule has 0 radical (unpaired) electrons. The smallest absolute Gasteiger partial charge is 0.279 e. The van der Waals surface area contributed by atoms with Crippen molar-refractivity contribution in [1.82, 2.24) is 4.57 Å². The van der Waals surface area contributed by atoms with E-state index in [0.717, 1.165) is 19.9 Å². The summed E-state index contributed by atoms with van der Waals surface area (Å²) in [5.74, 6) is -0.207. The van der Waals surface area contributed by atoms with Crippen LogP contribution in [-0.4, -0.2) is 28.9 Å². The summed E-state index contributed by atoms with van der Waals surface area (Å²) in [5, 5.41) is 0.465. The Labute approximate surface area is 180 Å². The van der Waals surface area contributed by atoms with Crippen molar-refractivity contribution in [3.05, 3.63) is 57.9 Å². The third-order valence-electron chi connectivity index (χ3n) is 4.61. The number of thioether (sulfide) groups is 1. The summed E-state index contributed by atoms with van der Waals surface area (Å²) < 4.78 is 8.80. The second kappa shape index (κ2) is 9.74. The zero-order valence-corrected chi connectivity index (χ0v) is 19.3. The summed E-state index contributed by atoms with van der Waals surface area (Å²) in [6.07, 6.45) is 0. The quantitative estimate of drug-likeness (QED) is 0.363. The fourth-order valence-electron chi connectivity index (χ4n) is 3.05. The molecule has 0 N–H and O–H groups in total. The second-order valence-electron chi connectivity index (χ2n) is 7.25. The van der Waals surface area contributed by atoms with Crippen molar-refractivity contribution >= 4 is 39.2 Å². The van der Waals surface area contributed by atoms with Gasteiger partial charge in [0.25, 0.3) is 5.91 Å². The highest BCUT2D eigenvalue weighted by molar-refractivity contribution is 7.99. The van der Waals surface area contributed by atoms with Gasteiger partial charge in [0.2, 0.25) is 0 Å². The molecule has 4 nitrogen and oxygen atoms in total. The van der Waals surface area contributed by atoms with Crippen molar-refractivity contribution in [3.63, 3.8) is 0 Å². The maximum atomic E-state index is 12.9. The number of thiazole rings is 1. The van der Waals surface area contributed by atoms with Gasteiger partial charge in [-0.15, -0.1) is 11.8 Å². The van der Waals surface area contributed by atoms with Gasteiger partial charge in [-0.3, -0.25) is 4.79 Å². The number of ether oxygens (including phenoxy) is 1. The zero-order chi connectivity index (χ0) is 21.0. The molecule has 29 heavy (non-hydrogen) atoms. The van der Waals surface area contributed by atoms with E-state index in [1.807, 2.05) is 31.2 Å². The lowest BCUT2D eigenvalue weighted by atomic mass is 10.1. The van der Waals surface area contributed by atoms with Gasteiger partial charge in [-0.2, -0.15) is 4.99 Å². The Kier molecular flexibility index (Phi) is 7.33. The molecule has 154 valence electrons. The molecule has 0 unspecified atom stereocenters. The Morgan fingerprint density at radius 3 is 2.69 bits per heavy atom. The first-order valence-electron chi connectivity index (χ1n) is 9.93. The first kappa shape index (κ1) is 21.8. The molecular formula is C23H28N2O2S2. The van der Waals surface area contributed by atoms with Gasteiger partial charge in [0.05, 0.1) is 16.8 Å². The average Bonchev–Trinajstić information content (AvgIpc) is 2.98. The zero-order valence-electron chi connectivity index (χ0n) is 17.7. The first-order valence-corrected chi connectivity index (χ1v) is 11.6. The number of amides is 1. The SMILES string of the molecule is CCOCCn1c(=NC(=O)c2cccc(SC(C)C)c2)sc2cc(C)c(C)cc21. The Morgan fingerprint density at radius 2 is 1.97 bits per heavy atom. The molecule has 1 aromatic heterocycles. The fraction of sp³-hybridized carbons (Fsp3) is 0.391. The van der Waals surface area contributed by atoms with E-state index in [2.05, 4.69) is 49.4 Å². The number of aromatic nitrogens is 1. The van der Waals surface area contributed by atoms with Crippen molar-refractivity contribution in [2.24, 2.45) is 4.99 Å². The molecule has 1 heterocycles. The molecule has 1 amide bonds. The lowest BCUT2D eigenvalue weighted by Crippen LogP contribution is -2.19. The maximum Gasteiger partial charge on any atom is 0.279 e. The Balaban J connectivity index is 2.04. The number of benzene rings is 2. The van der Waals surface area contributed by atoms with Crippen molar-refractivity contribution < 1.29 is 9.53 Å². The number of hydrogen-bond donors (Lipinski definition) is 0. The molecule has 2 aromatic carbocycles. The lowest BCUT2D eigenvalue weighted by Gasteiger charge is -2.07. The summed E-state index contributed by atoms with van der Waals surface area (Å²) in [4.78, 5) is 19.2. The highest BCUT2D eigenvalue weighted by Crippen LogP contribution is 2.24. The average molecular weight is 429 g/mol. The van der Waals surface area contributed by atoms with Gasteiger partial charge in [-0.05, 0) is 62.2 Å². The largest absolute Gasteiger partial charge is 0.380 e. The molecule has 0 spiro atoms. The van der Waals surface area contributed by atoms with Crippen molar-refractivity contribution in [2.45, 2.75) is 51.3 Å². The van der Waals surface area contributed by atoms with Crippen LogP contribution in [0.4, 0.5) is 0 Å². The van der Waals surface area contributed by atoms with Crippen LogP contribution in [0.25, 0.3) is 10.2 Å². The van der Waals surface area contributed by atoms with Crippen LogP contribution in [0.15, 0.2) is 46.3 Å². The van der Waals surface area contributed by atoms with Gasteiger partial charge in [0, 0.05) is 28.9 Å². The molecule has 0 aliphatic heterocycles. The molecule has 0 aliphatic carbocycles. The standard InChI is InChI=1S/C23H28N2O2S2/c1-6-27-11-10-25-20-12-16(4)17(5)13-21(20)29-23(25)24-22(26)18-8-7-9-19(14-18)28-15(2)3/h7-9,12-15H,6,10-11H2,1-5H3. The molecule has 0 fully saturated rings. The number of rotatable bonds is 7. The highest BCUT2D eigenvalue weighted by atomic mass is 32.2. The van der Waals surface area contributed by atoms with E-state index < -0.39 is 0 Å². The van der Waals surface area contributed by atoms with Gasteiger partial charge in [0.15, 0.2) is 4.80 Å². The minimum absolute atomic E-state index is 0.207. The fourth-order valence-corrected chi connectivity index (χ4v) is 5.08. The number of fused-ring (bicyclic) bond motifs is 1. The maximum absolute atomic E-state index is 12.9. The monoisotopic (exact) mass is 428 g/mol. The van der Waals surface area contributed by atoms with E-state index in [0.29, 0.717) is 30.6 Å². The normalized spacial score (nSPS) is 12.3. The van der Waals surface area contributed by atoms with Crippen LogP contribution in [-0.2, 0) is 11.3 Å². The van der Waals surface area contributed by atoms with Crippen LogP contribution in [0, 0.1) is 13.8 Å². The van der Waals surface area contributed by atoms with Crippen LogP contribution in [0.5, 0.6) is 0 Å². The van der Waals surface area contributed by atoms with Crippen LogP contribution in [0.2, 0.25) is 0 Å². The molecule has 3 rings (SSSR count). The van der Waals surface area contributed by atoms with Gasteiger partial charge >= 0.3 is 0 Å². The van der Waals surface area contributed by atoms with Gasteiger partial charge in [-0.25, -0.2) is 0 Å². The molecule has 0 bridgehead atoms. The lowest BCUT2D eigenvalue weighted by molar-refractivity contribution is 0.0996. The number of carbonyl (C=O) groups excluding carboxylic acids is 1. The van der Waals surface area contributed by atoms with Crippen molar-refractivity contribution in [2.75, 3.05) is 13.2 Å². The van der Waals surface area contributed by atoms with E-state index in [9.17, 15) is 4.79 Å². The second-order valence-corrected chi connectivity index (χ2v) is 9.91. The van der Waals surface area contributed by atoms with Crippen LogP contribution in [0.1, 0.15) is 42.3 Å².